The summed E-state index contributed by atoms with van der Waals surface area (Å²) in [6, 6.07) is 0. The monoisotopic (exact) mass is 255 g/mol. The van der Waals surface area contributed by atoms with Gasteiger partial charge in [0.25, 0.3) is 0 Å². The van der Waals surface area contributed by atoms with Gasteiger partial charge < -0.3 is 9.47 Å². The molecule has 18 heavy (non-hydrogen) atoms. The molecule has 0 unspecified atom stereocenters. The van der Waals surface area contributed by atoms with Crippen LogP contribution in [0.5, 0.6) is 0 Å². The largest absolute Gasteiger partial charge is 0.381 e. The van der Waals surface area contributed by atoms with E-state index in [0.717, 1.165) is 25.7 Å². The lowest BCUT2D eigenvalue weighted by Crippen LogP contribution is -2.25. The lowest BCUT2D eigenvalue weighted by molar-refractivity contribution is -0.0286. The van der Waals surface area contributed by atoms with Gasteiger partial charge in [-0.2, -0.15) is 0 Å². The molecule has 0 N–H and O–H groups in total. The summed E-state index contributed by atoms with van der Waals surface area (Å²) in [5.74, 6) is 1.41. The summed E-state index contributed by atoms with van der Waals surface area (Å²) in [6.45, 7) is 15.4. The summed E-state index contributed by atoms with van der Waals surface area (Å²) >= 11 is 0. The molecule has 0 spiro atoms. The van der Waals surface area contributed by atoms with Crippen LogP contribution < -0.4 is 0 Å². The minimum Gasteiger partial charge on any atom is -0.381 e. The minimum absolute atomic E-state index is 0. The Morgan fingerprint density at radius 1 is 1.28 bits per heavy atom. The van der Waals surface area contributed by atoms with Crippen molar-refractivity contribution in [1.29, 1.82) is 0 Å². The highest BCUT2D eigenvalue weighted by atomic mass is 16.5. The highest BCUT2D eigenvalue weighted by Gasteiger charge is 2.18. The van der Waals surface area contributed by atoms with Crippen molar-refractivity contribution >= 4 is 8.41 Å². The third kappa shape index (κ3) is 11.1. The lowest BCUT2D eigenvalue weighted by atomic mass is 9.92. The SMILES string of the molecule is CC.C[C@H](COC(C)(C)C)C[C@H]1CCCOC1.[B]. The zero-order valence-electron chi connectivity index (χ0n) is 13.3. The maximum absolute atomic E-state index is 5.79. The molecule has 0 amide bonds. The molecule has 1 saturated heterocycles. The molecule has 0 aromatic heterocycles. The van der Waals surface area contributed by atoms with E-state index in [0.29, 0.717) is 5.92 Å². The van der Waals surface area contributed by atoms with Crippen molar-refractivity contribution in [2.24, 2.45) is 11.8 Å². The summed E-state index contributed by atoms with van der Waals surface area (Å²) in [6.07, 6.45) is 3.81. The predicted molar refractivity (Wildman–Crippen MR) is 80.1 cm³/mol. The fourth-order valence-corrected chi connectivity index (χ4v) is 2.02. The van der Waals surface area contributed by atoms with E-state index in [2.05, 4.69) is 27.7 Å². The molecular weight excluding hydrogens is 223 g/mol. The first kappa shape index (κ1) is 20.3. The Morgan fingerprint density at radius 2 is 1.89 bits per heavy atom. The smallest absolute Gasteiger partial charge is 0.0598 e. The molecule has 2 nitrogen and oxygen atoms in total. The molecule has 1 rings (SSSR count). The predicted octanol–water partition coefficient (Wildman–Crippen LogP) is 3.90. The normalized spacial score (nSPS) is 21.3. The van der Waals surface area contributed by atoms with E-state index >= 15 is 0 Å². The van der Waals surface area contributed by atoms with Gasteiger partial charge in [-0.05, 0) is 51.9 Å². The van der Waals surface area contributed by atoms with E-state index in [9.17, 15) is 0 Å². The van der Waals surface area contributed by atoms with Crippen molar-refractivity contribution in [2.45, 2.75) is 66.4 Å². The molecule has 1 aliphatic heterocycles. The van der Waals surface area contributed by atoms with Crippen LogP contribution in [0.25, 0.3) is 0 Å². The maximum Gasteiger partial charge on any atom is 0.0598 e. The second kappa shape index (κ2) is 10.9. The molecule has 1 fully saturated rings. The fraction of sp³-hybridized carbons (Fsp3) is 1.00. The standard InChI is InChI=1S/C13H26O2.C2H6.B/c1-11(9-15-13(2,3)4)8-12-6-5-7-14-10-12;1-2;/h11-12H,5-10H2,1-4H3;1-2H3;/t11-,12+;;/m0../s1. The van der Waals surface area contributed by atoms with E-state index in [-0.39, 0.29) is 14.0 Å². The average molecular weight is 255 g/mol. The van der Waals surface area contributed by atoms with Crippen LogP contribution in [0.1, 0.15) is 60.8 Å². The highest BCUT2D eigenvalue weighted by molar-refractivity contribution is 5.75. The Labute approximate surface area is 116 Å². The van der Waals surface area contributed by atoms with Gasteiger partial charge in [0.05, 0.1) is 5.60 Å². The first-order chi connectivity index (χ1) is 7.97. The third-order valence-electron chi connectivity index (χ3n) is 2.79. The Kier molecular flexibility index (Phi) is 12.3. The van der Waals surface area contributed by atoms with Gasteiger partial charge in [-0.1, -0.05) is 20.8 Å². The molecule has 2 atom stereocenters. The van der Waals surface area contributed by atoms with E-state index in [1.54, 1.807) is 0 Å². The molecule has 0 bridgehead atoms. The van der Waals surface area contributed by atoms with Crippen LogP contribution in [0.15, 0.2) is 0 Å². The van der Waals surface area contributed by atoms with E-state index < -0.39 is 0 Å². The fourth-order valence-electron chi connectivity index (χ4n) is 2.02. The average Bonchev–Trinajstić information content (AvgIpc) is 2.30. The van der Waals surface area contributed by atoms with Gasteiger partial charge in [0, 0.05) is 28.2 Å². The molecule has 3 radical (unpaired) electrons. The second-order valence-electron chi connectivity index (χ2n) is 5.85. The minimum atomic E-state index is -0.00265. The number of ether oxygens (including phenoxy) is 2. The van der Waals surface area contributed by atoms with Crippen LogP contribution in [0.2, 0.25) is 0 Å². The van der Waals surface area contributed by atoms with Gasteiger partial charge in [-0.15, -0.1) is 0 Å². The van der Waals surface area contributed by atoms with Crippen LogP contribution in [-0.4, -0.2) is 33.8 Å². The van der Waals surface area contributed by atoms with Crippen molar-refractivity contribution in [1.82, 2.24) is 0 Å². The summed E-state index contributed by atoms with van der Waals surface area (Å²) in [5, 5.41) is 0. The van der Waals surface area contributed by atoms with Gasteiger partial charge in [0.1, 0.15) is 0 Å². The first-order valence-electron chi connectivity index (χ1n) is 7.19. The van der Waals surface area contributed by atoms with Gasteiger partial charge in [-0.3, -0.25) is 0 Å². The molecule has 3 heteroatoms. The Balaban J connectivity index is 0. The summed E-state index contributed by atoms with van der Waals surface area (Å²) < 4.78 is 11.3. The number of hydrogen-bond acceptors (Lipinski definition) is 2. The molecule has 0 aliphatic carbocycles. The molecule has 0 saturated carbocycles. The Bertz CT molecular complexity index is 172. The maximum atomic E-state index is 5.79. The van der Waals surface area contributed by atoms with E-state index in [1.807, 2.05) is 13.8 Å². The van der Waals surface area contributed by atoms with Crippen molar-refractivity contribution in [3.63, 3.8) is 0 Å². The van der Waals surface area contributed by atoms with Crippen LogP contribution in [0.3, 0.4) is 0 Å². The number of rotatable bonds is 4. The summed E-state index contributed by atoms with van der Waals surface area (Å²) in [5.41, 5.74) is -0.00265. The summed E-state index contributed by atoms with van der Waals surface area (Å²) in [4.78, 5) is 0. The van der Waals surface area contributed by atoms with E-state index in [1.165, 1.54) is 19.3 Å². The number of hydrogen-bond donors (Lipinski definition) is 0. The van der Waals surface area contributed by atoms with Gasteiger partial charge in [0.2, 0.25) is 0 Å². The van der Waals surface area contributed by atoms with Crippen LogP contribution >= 0.6 is 0 Å². The van der Waals surface area contributed by atoms with Crippen LogP contribution in [0.4, 0.5) is 0 Å². The van der Waals surface area contributed by atoms with Crippen LogP contribution in [-0.2, 0) is 9.47 Å². The quantitative estimate of drug-likeness (QED) is 0.709. The van der Waals surface area contributed by atoms with Crippen molar-refractivity contribution in [3.05, 3.63) is 0 Å². The van der Waals surface area contributed by atoms with Crippen molar-refractivity contribution in [2.75, 3.05) is 19.8 Å². The second-order valence-corrected chi connectivity index (χ2v) is 5.85. The zero-order valence-corrected chi connectivity index (χ0v) is 13.3. The van der Waals surface area contributed by atoms with Gasteiger partial charge in [0.15, 0.2) is 0 Å². The van der Waals surface area contributed by atoms with Crippen molar-refractivity contribution < 1.29 is 9.47 Å². The molecule has 1 heterocycles. The van der Waals surface area contributed by atoms with Gasteiger partial charge >= 0.3 is 0 Å². The molecule has 0 aromatic carbocycles. The Hall–Kier alpha value is -0.0151. The first-order valence-corrected chi connectivity index (χ1v) is 7.19. The highest BCUT2D eigenvalue weighted by Crippen LogP contribution is 2.22. The lowest BCUT2D eigenvalue weighted by Gasteiger charge is -2.27. The zero-order chi connectivity index (χ0) is 13.3. The Morgan fingerprint density at radius 3 is 2.33 bits per heavy atom. The molecule has 107 valence electrons. The van der Waals surface area contributed by atoms with E-state index in [4.69, 9.17) is 9.47 Å². The molecule has 0 aromatic rings. The molecular formula is C15H32BO2. The van der Waals surface area contributed by atoms with Crippen molar-refractivity contribution in [3.8, 4) is 0 Å². The summed E-state index contributed by atoms with van der Waals surface area (Å²) in [7, 11) is 0. The third-order valence-corrected chi connectivity index (χ3v) is 2.79. The van der Waals surface area contributed by atoms with Gasteiger partial charge in [-0.25, -0.2) is 0 Å². The topological polar surface area (TPSA) is 18.5 Å². The molecule has 1 aliphatic rings. The van der Waals surface area contributed by atoms with Crippen LogP contribution in [0, 0.1) is 11.8 Å².